The standard InChI is InChI=1S/C2H4BNO3P/c1-7-8(5,6)3-2-4/h1H3,(H,5,6). The van der Waals surface area contributed by atoms with E-state index >= 15 is 0 Å². The molecule has 43 valence electrons. The lowest BCUT2D eigenvalue weighted by atomic mass is 10.2. The maximum atomic E-state index is 10.2. The van der Waals surface area contributed by atoms with Crippen LogP contribution in [-0.4, -0.2) is 19.0 Å². The molecule has 0 rings (SSSR count). The van der Waals surface area contributed by atoms with Crippen LogP contribution in [0.15, 0.2) is 0 Å². The molecule has 0 bridgehead atoms. The molecule has 0 aliphatic heterocycles. The summed E-state index contributed by atoms with van der Waals surface area (Å²) in [5, 5.41) is 7.82. The minimum Gasteiger partial charge on any atom is -0.331 e. The second kappa shape index (κ2) is 2.88. The molecule has 0 amide bonds. The monoisotopic (exact) mass is 132 g/mol. The molecule has 0 aromatic carbocycles. The van der Waals surface area contributed by atoms with Gasteiger partial charge in [-0.2, -0.15) is 0 Å². The minimum atomic E-state index is -3.66. The Kier molecular flexibility index (Phi) is 2.77. The average molecular weight is 132 g/mol. The molecule has 0 aliphatic rings. The van der Waals surface area contributed by atoms with Crippen LogP contribution in [0.4, 0.5) is 0 Å². The van der Waals surface area contributed by atoms with Gasteiger partial charge in [-0.3, -0.25) is 4.57 Å². The van der Waals surface area contributed by atoms with Gasteiger partial charge >= 0.3 is 7.00 Å². The van der Waals surface area contributed by atoms with E-state index in [2.05, 4.69) is 4.52 Å². The Balaban J connectivity index is 3.78. The fourth-order valence-electron chi connectivity index (χ4n) is 0.126. The first-order valence-electron chi connectivity index (χ1n) is 1.74. The molecule has 1 N–H and O–H groups in total. The molecule has 8 heavy (non-hydrogen) atoms. The summed E-state index contributed by atoms with van der Waals surface area (Å²) in [4.78, 5) is 8.38. The Bertz CT molecular complexity index is 152. The van der Waals surface area contributed by atoms with Gasteiger partial charge in [0, 0.05) is 13.1 Å². The highest BCUT2D eigenvalue weighted by molar-refractivity contribution is 7.83. The van der Waals surface area contributed by atoms with Gasteiger partial charge < -0.3 is 9.42 Å². The maximum absolute atomic E-state index is 10.2. The second-order valence-electron chi connectivity index (χ2n) is 1.00. The first-order chi connectivity index (χ1) is 3.62. The van der Waals surface area contributed by atoms with Crippen molar-refractivity contribution in [2.24, 2.45) is 0 Å². The highest BCUT2D eigenvalue weighted by atomic mass is 31.2. The van der Waals surface area contributed by atoms with Gasteiger partial charge in [-0.1, -0.05) is 0 Å². The van der Waals surface area contributed by atoms with Crippen LogP contribution >= 0.6 is 7.47 Å². The molecule has 0 aromatic rings. The molecule has 1 unspecified atom stereocenters. The van der Waals surface area contributed by atoms with E-state index < -0.39 is 7.47 Å². The van der Waals surface area contributed by atoms with E-state index in [4.69, 9.17) is 10.2 Å². The summed E-state index contributed by atoms with van der Waals surface area (Å²) in [6.45, 7) is 0.562. The minimum absolute atomic E-state index is 0.562. The second-order valence-corrected chi connectivity index (χ2v) is 2.76. The van der Waals surface area contributed by atoms with Gasteiger partial charge in [-0.25, -0.2) is 5.26 Å². The summed E-state index contributed by atoms with van der Waals surface area (Å²) >= 11 is 0. The Hall–Kier alpha value is -0.295. The summed E-state index contributed by atoms with van der Waals surface area (Å²) in [5.74, 6) is 1.40. The van der Waals surface area contributed by atoms with Crippen LogP contribution in [0.5, 0.6) is 0 Å². The molecule has 0 saturated heterocycles. The number of hydrogen-bond acceptors (Lipinski definition) is 3. The Morgan fingerprint density at radius 3 is 2.62 bits per heavy atom. The fourth-order valence-corrected chi connectivity index (χ4v) is 0.377. The van der Waals surface area contributed by atoms with Gasteiger partial charge in [-0.05, 0) is 0 Å². The van der Waals surface area contributed by atoms with Crippen LogP contribution in [0.2, 0.25) is 0 Å². The lowest BCUT2D eigenvalue weighted by Crippen LogP contribution is -1.90. The first-order valence-corrected chi connectivity index (χ1v) is 3.39. The molecular weight excluding hydrogens is 128 g/mol. The smallest absolute Gasteiger partial charge is 0.331 e. The summed E-state index contributed by atoms with van der Waals surface area (Å²) in [6, 6.07) is 0. The highest BCUT2D eigenvalue weighted by Crippen LogP contribution is 2.37. The Morgan fingerprint density at radius 1 is 2.00 bits per heavy atom. The zero-order valence-electron chi connectivity index (χ0n) is 4.24. The molecular formula is C2H4BNO3P. The van der Waals surface area contributed by atoms with E-state index in [-0.39, 0.29) is 0 Å². The predicted octanol–water partition coefficient (Wildman–Crippen LogP) is -0.0815. The van der Waals surface area contributed by atoms with E-state index in [0.717, 1.165) is 7.11 Å². The van der Waals surface area contributed by atoms with Crippen LogP contribution < -0.4 is 0 Å². The summed E-state index contributed by atoms with van der Waals surface area (Å²) in [7, 11) is -2.60. The lowest BCUT2D eigenvalue weighted by Gasteiger charge is -1.99. The van der Waals surface area contributed by atoms with Crippen molar-refractivity contribution in [3.8, 4) is 5.97 Å². The van der Waals surface area contributed by atoms with Crippen LogP contribution in [-0.2, 0) is 9.09 Å². The molecule has 1 radical (unpaired) electrons. The first kappa shape index (κ1) is 7.70. The molecule has 0 aromatic heterocycles. The third kappa shape index (κ3) is 2.81. The van der Waals surface area contributed by atoms with E-state index in [9.17, 15) is 4.57 Å². The molecule has 6 heteroatoms. The van der Waals surface area contributed by atoms with Crippen molar-refractivity contribution in [3.05, 3.63) is 0 Å². The largest absolute Gasteiger partial charge is 0.408 e. The van der Waals surface area contributed by atoms with Crippen molar-refractivity contribution in [3.63, 3.8) is 0 Å². The van der Waals surface area contributed by atoms with Crippen LogP contribution in [0.25, 0.3) is 0 Å². The molecule has 0 heterocycles. The van der Waals surface area contributed by atoms with E-state index in [1.807, 2.05) is 0 Å². The average Bonchev–Trinajstić information content (AvgIpc) is 1.67. The summed E-state index contributed by atoms with van der Waals surface area (Å²) in [5.41, 5.74) is 0. The zero-order chi connectivity index (χ0) is 6.62. The van der Waals surface area contributed by atoms with Gasteiger partial charge in [0.1, 0.15) is 0 Å². The normalized spacial score (nSPS) is 16.1. The zero-order valence-corrected chi connectivity index (χ0v) is 5.13. The topological polar surface area (TPSA) is 70.3 Å². The maximum Gasteiger partial charge on any atom is 0.408 e. The fraction of sp³-hybridized carbons (Fsp3) is 0.500. The Morgan fingerprint density at radius 2 is 2.50 bits per heavy atom. The van der Waals surface area contributed by atoms with Gasteiger partial charge in [-0.15, -0.1) is 0 Å². The molecule has 0 aliphatic carbocycles. The van der Waals surface area contributed by atoms with Gasteiger partial charge in [0.15, 0.2) is 0 Å². The number of nitriles is 1. The van der Waals surface area contributed by atoms with Crippen LogP contribution in [0.1, 0.15) is 0 Å². The highest BCUT2D eigenvalue weighted by Gasteiger charge is 2.18. The van der Waals surface area contributed by atoms with Crippen molar-refractivity contribution in [2.75, 3.05) is 7.11 Å². The number of hydrogen-bond donors (Lipinski definition) is 1. The van der Waals surface area contributed by atoms with Gasteiger partial charge in [0.25, 0.3) is 7.47 Å². The third-order valence-electron chi connectivity index (χ3n) is 0.482. The van der Waals surface area contributed by atoms with E-state index in [1.54, 1.807) is 0 Å². The van der Waals surface area contributed by atoms with E-state index in [0.29, 0.717) is 7.00 Å². The molecule has 0 spiro atoms. The quantitative estimate of drug-likeness (QED) is 0.421. The third-order valence-corrected chi connectivity index (χ3v) is 1.45. The summed E-state index contributed by atoms with van der Waals surface area (Å²) in [6.07, 6.45) is 0. The Labute approximate surface area is 47.8 Å². The lowest BCUT2D eigenvalue weighted by molar-refractivity contribution is 0.334. The predicted molar refractivity (Wildman–Crippen MR) is 28.2 cm³/mol. The SMILES string of the molecule is COP(=O)(O)[B]C#N. The van der Waals surface area contributed by atoms with Crippen molar-refractivity contribution in [1.29, 1.82) is 5.26 Å². The van der Waals surface area contributed by atoms with Gasteiger partial charge in [0.2, 0.25) is 0 Å². The van der Waals surface area contributed by atoms with Gasteiger partial charge in [0.05, 0.1) is 0 Å². The number of rotatable bonds is 2. The van der Waals surface area contributed by atoms with E-state index in [1.165, 1.54) is 5.97 Å². The molecule has 1 atom stereocenters. The van der Waals surface area contributed by atoms with Crippen LogP contribution in [0.3, 0.4) is 0 Å². The van der Waals surface area contributed by atoms with Crippen LogP contribution in [0, 0.1) is 11.2 Å². The van der Waals surface area contributed by atoms with Crippen molar-refractivity contribution in [2.45, 2.75) is 0 Å². The molecule has 4 nitrogen and oxygen atoms in total. The van der Waals surface area contributed by atoms with Crippen molar-refractivity contribution in [1.82, 2.24) is 0 Å². The van der Waals surface area contributed by atoms with Crippen molar-refractivity contribution >= 4 is 14.5 Å². The van der Waals surface area contributed by atoms with Crippen molar-refractivity contribution < 1.29 is 14.0 Å². The molecule has 0 fully saturated rings. The summed E-state index contributed by atoms with van der Waals surface area (Å²) < 4.78 is 14.2. The molecule has 0 saturated carbocycles. The number of nitrogens with zero attached hydrogens (tertiary/aromatic N) is 1.